The van der Waals surface area contributed by atoms with E-state index in [1.165, 1.54) is 12.8 Å². The Labute approximate surface area is 80.4 Å². The van der Waals surface area contributed by atoms with Crippen LogP contribution in [0.25, 0.3) is 0 Å². The van der Waals surface area contributed by atoms with Gasteiger partial charge in [-0.2, -0.15) is 0 Å². The molecule has 0 radical (unpaired) electrons. The summed E-state index contributed by atoms with van der Waals surface area (Å²) in [5.74, 6) is 1.67. The van der Waals surface area contributed by atoms with E-state index >= 15 is 0 Å². The molecule has 1 aliphatic carbocycles. The molecule has 0 aromatic carbocycles. The van der Waals surface area contributed by atoms with Gasteiger partial charge in [-0.15, -0.1) is 11.6 Å². The summed E-state index contributed by atoms with van der Waals surface area (Å²) in [5, 5.41) is 0. The van der Waals surface area contributed by atoms with Crippen molar-refractivity contribution < 1.29 is 4.74 Å². The first kappa shape index (κ1) is 10.3. The van der Waals surface area contributed by atoms with E-state index in [9.17, 15) is 0 Å². The SMILES string of the molecule is COC(C)CC1(CCl)CC(C)C1. The molecular weight excluding hydrogens is 172 g/mol. The molecule has 1 nitrogen and oxygen atoms in total. The second kappa shape index (κ2) is 3.97. The van der Waals surface area contributed by atoms with Crippen molar-refractivity contribution in [3.63, 3.8) is 0 Å². The van der Waals surface area contributed by atoms with Crippen LogP contribution in [-0.4, -0.2) is 19.1 Å². The fourth-order valence-electron chi connectivity index (χ4n) is 2.44. The van der Waals surface area contributed by atoms with Gasteiger partial charge in [-0.25, -0.2) is 0 Å². The highest BCUT2D eigenvalue weighted by atomic mass is 35.5. The van der Waals surface area contributed by atoms with Crippen LogP contribution in [0.15, 0.2) is 0 Å². The Morgan fingerprint density at radius 2 is 2.17 bits per heavy atom. The molecule has 2 heteroatoms. The normalized spacial score (nSPS) is 37.5. The highest BCUT2D eigenvalue weighted by molar-refractivity contribution is 6.18. The molecule has 0 saturated heterocycles. The fourth-order valence-corrected chi connectivity index (χ4v) is 2.77. The first-order valence-electron chi connectivity index (χ1n) is 4.70. The molecule has 72 valence electrons. The van der Waals surface area contributed by atoms with Crippen molar-refractivity contribution in [1.82, 2.24) is 0 Å². The van der Waals surface area contributed by atoms with Crippen molar-refractivity contribution in [2.24, 2.45) is 11.3 Å². The van der Waals surface area contributed by atoms with Crippen molar-refractivity contribution in [1.29, 1.82) is 0 Å². The molecular formula is C10H19ClO. The molecule has 1 unspecified atom stereocenters. The van der Waals surface area contributed by atoms with Crippen molar-refractivity contribution in [3.8, 4) is 0 Å². The van der Waals surface area contributed by atoms with Crippen LogP contribution in [0.1, 0.15) is 33.1 Å². The molecule has 0 heterocycles. The van der Waals surface area contributed by atoms with Gasteiger partial charge >= 0.3 is 0 Å². The highest BCUT2D eigenvalue weighted by Gasteiger charge is 2.41. The lowest BCUT2D eigenvalue weighted by molar-refractivity contribution is 0.00919. The van der Waals surface area contributed by atoms with E-state index in [0.717, 1.165) is 18.2 Å². The van der Waals surface area contributed by atoms with Gasteiger partial charge in [-0.3, -0.25) is 0 Å². The maximum absolute atomic E-state index is 5.97. The molecule has 0 aromatic heterocycles. The van der Waals surface area contributed by atoms with Gasteiger partial charge in [0.1, 0.15) is 0 Å². The molecule has 1 rings (SSSR count). The number of hydrogen-bond acceptors (Lipinski definition) is 1. The van der Waals surface area contributed by atoms with Gasteiger partial charge in [-0.1, -0.05) is 6.92 Å². The first-order chi connectivity index (χ1) is 5.62. The molecule has 1 atom stereocenters. The lowest BCUT2D eigenvalue weighted by atomic mass is 9.61. The fraction of sp³-hybridized carbons (Fsp3) is 1.00. The third kappa shape index (κ3) is 2.14. The highest BCUT2D eigenvalue weighted by Crippen LogP contribution is 2.49. The summed E-state index contributed by atoms with van der Waals surface area (Å²) in [5.41, 5.74) is 0.399. The van der Waals surface area contributed by atoms with Crippen LogP contribution in [-0.2, 0) is 4.74 Å². The number of halogens is 1. The Morgan fingerprint density at radius 1 is 1.58 bits per heavy atom. The van der Waals surface area contributed by atoms with Crippen molar-refractivity contribution in [2.45, 2.75) is 39.2 Å². The van der Waals surface area contributed by atoms with E-state index in [4.69, 9.17) is 16.3 Å². The maximum Gasteiger partial charge on any atom is 0.0548 e. The van der Waals surface area contributed by atoms with Gasteiger partial charge in [0.2, 0.25) is 0 Å². The lowest BCUT2D eigenvalue weighted by Gasteiger charge is -2.46. The van der Waals surface area contributed by atoms with Crippen LogP contribution in [0.5, 0.6) is 0 Å². The first-order valence-corrected chi connectivity index (χ1v) is 5.24. The molecule has 12 heavy (non-hydrogen) atoms. The minimum Gasteiger partial charge on any atom is -0.382 e. The van der Waals surface area contributed by atoms with E-state index in [1.54, 1.807) is 7.11 Å². The van der Waals surface area contributed by atoms with Crippen LogP contribution >= 0.6 is 11.6 Å². The number of methoxy groups -OCH3 is 1. The van der Waals surface area contributed by atoms with E-state index < -0.39 is 0 Å². The van der Waals surface area contributed by atoms with E-state index in [2.05, 4.69) is 13.8 Å². The van der Waals surface area contributed by atoms with Crippen LogP contribution in [0, 0.1) is 11.3 Å². The van der Waals surface area contributed by atoms with Gasteiger partial charge < -0.3 is 4.74 Å². The molecule has 0 amide bonds. The van der Waals surface area contributed by atoms with E-state index in [-0.39, 0.29) is 0 Å². The molecule has 0 N–H and O–H groups in total. The molecule has 1 saturated carbocycles. The summed E-state index contributed by atoms with van der Waals surface area (Å²) in [6.45, 7) is 4.42. The summed E-state index contributed by atoms with van der Waals surface area (Å²) < 4.78 is 5.26. The zero-order valence-electron chi connectivity index (χ0n) is 8.27. The smallest absolute Gasteiger partial charge is 0.0548 e. The minimum atomic E-state index is 0.358. The lowest BCUT2D eigenvalue weighted by Crippen LogP contribution is -2.40. The summed E-state index contributed by atoms with van der Waals surface area (Å²) in [7, 11) is 1.77. The summed E-state index contributed by atoms with van der Waals surface area (Å²) in [6.07, 6.45) is 4.04. The summed E-state index contributed by atoms with van der Waals surface area (Å²) in [6, 6.07) is 0. The Balaban J connectivity index is 2.36. The van der Waals surface area contributed by atoms with Gasteiger partial charge in [-0.05, 0) is 37.5 Å². The van der Waals surface area contributed by atoms with Crippen LogP contribution < -0.4 is 0 Å². The largest absolute Gasteiger partial charge is 0.382 e. The van der Waals surface area contributed by atoms with Gasteiger partial charge in [0.25, 0.3) is 0 Å². The van der Waals surface area contributed by atoms with Crippen LogP contribution in [0.3, 0.4) is 0 Å². The number of hydrogen-bond donors (Lipinski definition) is 0. The molecule has 0 bridgehead atoms. The van der Waals surface area contributed by atoms with Gasteiger partial charge in [0.15, 0.2) is 0 Å². The Morgan fingerprint density at radius 3 is 2.50 bits per heavy atom. The van der Waals surface area contributed by atoms with Crippen LogP contribution in [0.2, 0.25) is 0 Å². The minimum absolute atomic E-state index is 0.358. The standard InChI is InChI=1S/C10H19ClO/c1-8-4-10(5-8,7-11)6-9(2)12-3/h8-9H,4-7H2,1-3H3. The van der Waals surface area contributed by atoms with Crippen molar-refractivity contribution in [3.05, 3.63) is 0 Å². The predicted octanol–water partition coefficient (Wildman–Crippen LogP) is 3.07. The second-order valence-corrected chi connectivity index (χ2v) is 4.66. The third-order valence-electron chi connectivity index (χ3n) is 2.97. The Kier molecular flexibility index (Phi) is 3.42. The van der Waals surface area contributed by atoms with E-state index in [1.807, 2.05) is 0 Å². The number of alkyl halides is 1. The quantitative estimate of drug-likeness (QED) is 0.620. The van der Waals surface area contributed by atoms with Crippen molar-refractivity contribution in [2.75, 3.05) is 13.0 Å². The van der Waals surface area contributed by atoms with Crippen LogP contribution in [0.4, 0.5) is 0 Å². The number of rotatable bonds is 4. The molecule has 1 aliphatic rings. The van der Waals surface area contributed by atoms with E-state index in [0.29, 0.717) is 11.5 Å². The third-order valence-corrected chi connectivity index (χ3v) is 3.54. The average Bonchev–Trinajstić information content (AvgIpc) is 2.01. The van der Waals surface area contributed by atoms with Gasteiger partial charge in [0.05, 0.1) is 6.10 Å². The number of ether oxygens (including phenoxy) is 1. The Hall–Kier alpha value is 0.250. The Bertz CT molecular complexity index is 141. The van der Waals surface area contributed by atoms with Crippen molar-refractivity contribution >= 4 is 11.6 Å². The summed E-state index contributed by atoms with van der Waals surface area (Å²) >= 11 is 5.97. The molecule has 0 aliphatic heterocycles. The zero-order valence-corrected chi connectivity index (χ0v) is 9.03. The molecule has 0 aromatic rings. The monoisotopic (exact) mass is 190 g/mol. The topological polar surface area (TPSA) is 9.23 Å². The molecule has 1 fully saturated rings. The maximum atomic E-state index is 5.97. The average molecular weight is 191 g/mol. The predicted molar refractivity (Wildman–Crippen MR) is 52.6 cm³/mol. The molecule has 0 spiro atoms. The zero-order chi connectivity index (χ0) is 9.19. The van der Waals surface area contributed by atoms with Gasteiger partial charge in [0, 0.05) is 13.0 Å². The second-order valence-electron chi connectivity index (χ2n) is 4.40. The summed E-state index contributed by atoms with van der Waals surface area (Å²) in [4.78, 5) is 0.